The molecule has 0 unspecified atom stereocenters. The molecule has 0 spiro atoms. The van der Waals surface area contributed by atoms with Crippen molar-refractivity contribution >= 4 is 0 Å². The van der Waals surface area contributed by atoms with Crippen molar-refractivity contribution in [2.75, 3.05) is 20.3 Å². The average molecular weight is 194 g/mol. The summed E-state index contributed by atoms with van der Waals surface area (Å²) in [6.07, 6.45) is 0. The monoisotopic (exact) mass is 194 g/mol. The van der Waals surface area contributed by atoms with Gasteiger partial charge in [-0.15, -0.1) is 0 Å². The van der Waals surface area contributed by atoms with Gasteiger partial charge in [0, 0.05) is 7.11 Å². The summed E-state index contributed by atoms with van der Waals surface area (Å²) in [5, 5.41) is 0. The highest BCUT2D eigenvalue weighted by molar-refractivity contribution is 5.32. The maximum atomic E-state index is 5.50. The second-order valence-corrected chi connectivity index (χ2v) is 3.42. The van der Waals surface area contributed by atoms with E-state index in [1.807, 2.05) is 0 Å². The number of hydrogen-bond donors (Lipinski definition) is 0. The fourth-order valence-electron chi connectivity index (χ4n) is 1.39. The molecular formula is C12H18O2. The molecule has 1 aromatic rings. The molecule has 0 aromatic heterocycles. The summed E-state index contributed by atoms with van der Waals surface area (Å²) in [6, 6.07) is 6.30. The Balaban J connectivity index is 2.49. The number of hydrogen-bond acceptors (Lipinski definition) is 2. The topological polar surface area (TPSA) is 18.5 Å². The van der Waals surface area contributed by atoms with Gasteiger partial charge in [-0.25, -0.2) is 0 Å². The molecule has 2 nitrogen and oxygen atoms in total. The van der Waals surface area contributed by atoms with Crippen molar-refractivity contribution in [3.05, 3.63) is 34.9 Å². The van der Waals surface area contributed by atoms with E-state index in [9.17, 15) is 0 Å². The van der Waals surface area contributed by atoms with Crippen LogP contribution < -0.4 is 0 Å². The average Bonchev–Trinajstić information content (AvgIpc) is 2.16. The number of benzene rings is 1. The predicted octanol–water partition coefficient (Wildman–Crippen LogP) is 2.47. The lowest BCUT2D eigenvalue weighted by atomic mass is 10.0. The van der Waals surface area contributed by atoms with E-state index >= 15 is 0 Å². The second-order valence-electron chi connectivity index (χ2n) is 3.42. The third-order valence-corrected chi connectivity index (χ3v) is 2.32. The fourth-order valence-corrected chi connectivity index (χ4v) is 1.39. The molecular weight excluding hydrogens is 176 g/mol. The van der Waals surface area contributed by atoms with Crippen LogP contribution in [0.1, 0.15) is 16.7 Å². The van der Waals surface area contributed by atoms with E-state index in [1.54, 1.807) is 7.11 Å². The van der Waals surface area contributed by atoms with Crippen LogP contribution in [0.25, 0.3) is 0 Å². The van der Waals surface area contributed by atoms with Crippen molar-refractivity contribution in [3.63, 3.8) is 0 Å². The van der Waals surface area contributed by atoms with E-state index in [2.05, 4.69) is 32.0 Å². The standard InChI is InChI=1S/C12H18O2/c1-10-5-4-6-11(2)12(10)9-14-8-7-13-3/h4-6H,7-9H2,1-3H3. The smallest absolute Gasteiger partial charge is 0.0723 e. The van der Waals surface area contributed by atoms with Gasteiger partial charge in [-0.1, -0.05) is 18.2 Å². The summed E-state index contributed by atoms with van der Waals surface area (Å²) in [6.45, 7) is 6.22. The Hall–Kier alpha value is -0.860. The highest BCUT2D eigenvalue weighted by atomic mass is 16.5. The van der Waals surface area contributed by atoms with Crippen molar-refractivity contribution in [1.82, 2.24) is 0 Å². The van der Waals surface area contributed by atoms with Gasteiger partial charge < -0.3 is 9.47 Å². The summed E-state index contributed by atoms with van der Waals surface area (Å²) < 4.78 is 10.4. The number of rotatable bonds is 5. The Morgan fingerprint density at radius 3 is 2.29 bits per heavy atom. The van der Waals surface area contributed by atoms with E-state index in [4.69, 9.17) is 9.47 Å². The van der Waals surface area contributed by atoms with Gasteiger partial charge in [0.15, 0.2) is 0 Å². The molecule has 0 heterocycles. The third-order valence-electron chi connectivity index (χ3n) is 2.32. The van der Waals surface area contributed by atoms with Gasteiger partial charge in [-0.2, -0.15) is 0 Å². The first-order valence-electron chi connectivity index (χ1n) is 4.87. The van der Waals surface area contributed by atoms with Gasteiger partial charge in [-0.3, -0.25) is 0 Å². The quantitative estimate of drug-likeness (QED) is 0.670. The fraction of sp³-hybridized carbons (Fsp3) is 0.500. The van der Waals surface area contributed by atoms with Gasteiger partial charge in [-0.05, 0) is 30.5 Å². The van der Waals surface area contributed by atoms with Crippen LogP contribution in [0.5, 0.6) is 0 Å². The highest BCUT2D eigenvalue weighted by Gasteiger charge is 2.01. The first kappa shape index (κ1) is 11.2. The molecule has 0 fully saturated rings. The van der Waals surface area contributed by atoms with Gasteiger partial charge in [0.05, 0.1) is 19.8 Å². The first-order chi connectivity index (χ1) is 6.75. The zero-order chi connectivity index (χ0) is 10.4. The zero-order valence-electron chi connectivity index (χ0n) is 9.17. The Morgan fingerprint density at radius 1 is 1.07 bits per heavy atom. The van der Waals surface area contributed by atoms with Gasteiger partial charge in [0.1, 0.15) is 0 Å². The van der Waals surface area contributed by atoms with E-state index < -0.39 is 0 Å². The minimum absolute atomic E-state index is 0.657. The van der Waals surface area contributed by atoms with E-state index in [0.29, 0.717) is 19.8 Å². The summed E-state index contributed by atoms with van der Waals surface area (Å²) >= 11 is 0. The molecule has 0 saturated heterocycles. The summed E-state index contributed by atoms with van der Waals surface area (Å²) in [4.78, 5) is 0. The van der Waals surface area contributed by atoms with Crippen LogP contribution in [-0.2, 0) is 16.1 Å². The minimum Gasteiger partial charge on any atom is -0.382 e. The number of aryl methyl sites for hydroxylation is 2. The van der Waals surface area contributed by atoms with Crippen LogP contribution in [0.3, 0.4) is 0 Å². The van der Waals surface area contributed by atoms with Crippen molar-refractivity contribution < 1.29 is 9.47 Å². The molecule has 0 N–H and O–H groups in total. The maximum absolute atomic E-state index is 5.50. The van der Waals surface area contributed by atoms with Crippen molar-refractivity contribution in [1.29, 1.82) is 0 Å². The number of methoxy groups -OCH3 is 1. The molecule has 0 atom stereocenters. The van der Waals surface area contributed by atoms with E-state index in [-0.39, 0.29) is 0 Å². The van der Waals surface area contributed by atoms with Crippen molar-refractivity contribution in [3.8, 4) is 0 Å². The Morgan fingerprint density at radius 2 is 1.71 bits per heavy atom. The summed E-state index contributed by atoms with van der Waals surface area (Å²) in [5.74, 6) is 0. The van der Waals surface area contributed by atoms with Gasteiger partial charge in [0.25, 0.3) is 0 Å². The van der Waals surface area contributed by atoms with E-state index in [1.165, 1.54) is 16.7 Å². The lowest BCUT2D eigenvalue weighted by molar-refractivity contribution is 0.0612. The van der Waals surface area contributed by atoms with E-state index in [0.717, 1.165) is 0 Å². The van der Waals surface area contributed by atoms with Crippen LogP contribution >= 0.6 is 0 Å². The van der Waals surface area contributed by atoms with Crippen LogP contribution in [0.15, 0.2) is 18.2 Å². The minimum atomic E-state index is 0.657. The summed E-state index contributed by atoms with van der Waals surface area (Å²) in [7, 11) is 1.68. The van der Waals surface area contributed by atoms with Crippen LogP contribution in [0, 0.1) is 13.8 Å². The molecule has 2 heteroatoms. The van der Waals surface area contributed by atoms with Crippen LogP contribution in [0.2, 0.25) is 0 Å². The van der Waals surface area contributed by atoms with Crippen LogP contribution in [-0.4, -0.2) is 20.3 Å². The zero-order valence-corrected chi connectivity index (χ0v) is 9.17. The van der Waals surface area contributed by atoms with Crippen molar-refractivity contribution in [2.24, 2.45) is 0 Å². The SMILES string of the molecule is COCCOCc1c(C)cccc1C. The molecule has 0 aliphatic heterocycles. The molecule has 1 aromatic carbocycles. The lowest BCUT2D eigenvalue weighted by Gasteiger charge is -2.09. The third kappa shape index (κ3) is 3.13. The Labute approximate surface area is 85.8 Å². The molecule has 0 aliphatic rings. The molecule has 0 aliphatic carbocycles. The molecule has 78 valence electrons. The second kappa shape index (κ2) is 5.78. The van der Waals surface area contributed by atoms with Crippen LogP contribution in [0.4, 0.5) is 0 Å². The predicted molar refractivity (Wildman–Crippen MR) is 57.4 cm³/mol. The number of ether oxygens (including phenoxy) is 2. The molecule has 0 saturated carbocycles. The van der Waals surface area contributed by atoms with Crippen molar-refractivity contribution in [2.45, 2.75) is 20.5 Å². The molecule has 14 heavy (non-hydrogen) atoms. The largest absolute Gasteiger partial charge is 0.382 e. The first-order valence-corrected chi connectivity index (χ1v) is 4.87. The van der Waals surface area contributed by atoms with Gasteiger partial charge in [0.2, 0.25) is 0 Å². The highest BCUT2D eigenvalue weighted by Crippen LogP contribution is 2.13. The molecule has 1 rings (SSSR count). The normalized spacial score (nSPS) is 10.5. The Kier molecular flexibility index (Phi) is 4.63. The van der Waals surface area contributed by atoms with Gasteiger partial charge >= 0.3 is 0 Å². The summed E-state index contributed by atoms with van der Waals surface area (Å²) in [5.41, 5.74) is 3.88. The Bertz CT molecular complexity index is 261. The molecule has 0 amide bonds. The molecule has 0 bridgehead atoms. The lowest BCUT2D eigenvalue weighted by Crippen LogP contribution is -2.03. The molecule has 0 radical (unpaired) electrons. The maximum Gasteiger partial charge on any atom is 0.0723 e.